The van der Waals surface area contributed by atoms with Gasteiger partial charge in [0.1, 0.15) is 16.6 Å². The highest BCUT2D eigenvalue weighted by molar-refractivity contribution is 7.13. The molecule has 0 spiro atoms. The van der Waals surface area contributed by atoms with Crippen LogP contribution in [-0.4, -0.2) is 34.5 Å². The van der Waals surface area contributed by atoms with Gasteiger partial charge in [0.25, 0.3) is 0 Å². The Bertz CT molecular complexity index is 1240. The molecule has 2 N–H and O–H groups in total. The number of aromatic nitrogens is 1. The van der Waals surface area contributed by atoms with Gasteiger partial charge in [0, 0.05) is 16.1 Å². The molecule has 1 unspecified atom stereocenters. The molecule has 0 bridgehead atoms. The molecule has 0 saturated heterocycles. The van der Waals surface area contributed by atoms with Crippen LogP contribution in [0.3, 0.4) is 0 Å². The number of benzene rings is 2. The third kappa shape index (κ3) is 4.54. The number of hydrogen-bond acceptors (Lipinski definition) is 6. The highest BCUT2D eigenvalue weighted by Gasteiger charge is 2.32. The number of nitrogens with one attached hydrogen (secondary N) is 1. The second-order valence-corrected chi connectivity index (χ2v) is 9.42. The van der Waals surface area contributed by atoms with Gasteiger partial charge in [-0.15, -0.1) is 11.3 Å². The fourth-order valence-electron chi connectivity index (χ4n) is 3.64. The number of aliphatic hydroxyl groups is 1. The number of aliphatic hydroxyl groups excluding tert-OH is 1. The van der Waals surface area contributed by atoms with Gasteiger partial charge in [-0.3, -0.25) is 5.41 Å². The largest absolute Gasteiger partial charge is 0.510 e. The second kappa shape index (κ2) is 9.19. The number of carbonyl (C=O) groups excluding carboxylic acids is 1. The second-order valence-electron chi connectivity index (χ2n) is 8.22. The molecule has 1 aromatic heterocycles. The smallest absolute Gasteiger partial charge is 0.338 e. The molecule has 6 nitrogen and oxygen atoms in total. The Morgan fingerprint density at radius 2 is 1.97 bits per heavy atom. The molecule has 33 heavy (non-hydrogen) atoms. The van der Waals surface area contributed by atoms with Gasteiger partial charge in [0.05, 0.1) is 29.5 Å². The number of anilines is 1. The minimum Gasteiger partial charge on any atom is -0.510 e. The number of nitrogens with zero attached hydrogens (tertiary/aromatic N) is 2. The summed E-state index contributed by atoms with van der Waals surface area (Å²) in [5.74, 6) is -0.145. The SMILES string of the molecule is CCC(C)OC(=O)c1cccc(N2CC(O)=C(c3nc(-c4ccc(C)cc4)c(C)s3)C2=N)c1. The van der Waals surface area contributed by atoms with Crippen molar-refractivity contribution in [1.82, 2.24) is 4.98 Å². The summed E-state index contributed by atoms with van der Waals surface area (Å²) in [5.41, 5.74) is 4.53. The Balaban J connectivity index is 1.60. The van der Waals surface area contributed by atoms with Crippen LogP contribution in [0.5, 0.6) is 0 Å². The predicted octanol–water partition coefficient (Wildman–Crippen LogP) is 6.15. The summed E-state index contributed by atoms with van der Waals surface area (Å²) in [5, 5.41) is 20.1. The van der Waals surface area contributed by atoms with E-state index >= 15 is 0 Å². The van der Waals surface area contributed by atoms with Crippen molar-refractivity contribution in [3.8, 4) is 11.3 Å². The Labute approximate surface area is 197 Å². The van der Waals surface area contributed by atoms with Crippen LogP contribution in [0, 0.1) is 19.3 Å². The van der Waals surface area contributed by atoms with Crippen molar-refractivity contribution in [3.05, 3.63) is 75.3 Å². The number of hydrogen-bond donors (Lipinski definition) is 2. The molecule has 1 aliphatic heterocycles. The molecule has 0 fully saturated rings. The molecular formula is C26H27N3O3S. The van der Waals surface area contributed by atoms with Gasteiger partial charge in [0.2, 0.25) is 0 Å². The topological polar surface area (TPSA) is 86.5 Å². The molecule has 7 heteroatoms. The lowest BCUT2D eigenvalue weighted by atomic mass is 10.1. The van der Waals surface area contributed by atoms with Crippen LogP contribution >= 0.6 is 11.3 Å². The van der Waals surface area contributed by atoms with Gasteiger partial charge in [-0.1, -0.05) is 42.8 Å². The summed E-state index contributed by atoms with van der Waals surface area (Å²) in [6, 6.07) is 15.1. The summed E-state index contributed by atoms with van der Waals surface area (Å²) in [6.45, 7) is 8.00. The highest BCUT2D eigenvalue weighted by atomic mass is 32.1. The van der Waals surface area contributed by atoms with Crippen LogP contribution in [0.4, 0.5) is 5.69 Å². The summed E-state index contributed by atoms with van der Waals surface area (Å²) in [4.78, 5) is 19.9. The number of amidine groups is 1. The maximum Gasteiger partial charge on any atom is 0.338 e. The number of carbonyl (C=O) groups is 1. The van der Waals surface area contributed by atoms with E-state index in [1.54, 1.807) is 23.1 Å². The summed E-state index contributed by atoms with van der Waals surface area (Å²) >= 11 is 1.46. The molecular weight excluding hydrogens is 434 g/mol. The van der Waals surface area contributed by atoms with Crippen molar-refractivity contribution in [2.45, 2.75) is 40.2 Å². The third-order valence-corrected chi connectivity index (χ3v) is 6.70. The van der Waals surface area contributed by atoms with Crippen LogP contribution < -0.4 is 4.90 Å². The molecule has 1 atom stereocenters. The van der Waals surface area contributed by atoms with E-state index in [1.165, 1.54) is 16.9 Å². The zero-order valence-corrected chi connectivity index (χ0v) is 20.0. The Kier molecular flexibility index (Phi) is 6.33. The summed E-state index contributed by atoms with van der Waals surface area (Å²) in [6.07, 6.45) is 0.570. The maximum absolute atomic E-state index is 12.4. The number of rotatable bonds is 6. The molecule has 0 amide bonds. The fraction of sp³-hybridized carbons (Fsp3) is 0.269. The average Bonchev–Trinajstić information content (AvgIpc) is 3.32. The van der Waals surface area contributed by atoms with E-state index < -0.39 is 5.97 Å². The first-order valence-electron chi connectivity index (χ1n) is 10.9. The average molecular weight is 462 g/mol. The van der Waals surface area contributed by atoms with E-state index in [9.17, 15) is 9.90 Å². The molecule has 0 saturated carbocycles. The van der Waals surface area contributed by atoms with Gasteiger partial charge in [0.15, 0.2) is 0 Å². The zero-order valence-electron chi connectivity index (χ0n) is 19.2. The van der Waals surface area contributed by atoms with Crippen molar-refractivity contribution in [2.75, 3.05) is 11.4 Å². The van der Waals surface area contributed by atoms with E-state index in [1.807, 2.05) is 58.0 Å². The number of aryl methyl sites for hydroxylation is 2. The van der Waals surface area contributed by atoms with Crippen molar-refractivity contribution in [3.63, 3.8) is 0 Å². The van der Waals surface area contributed by atoms with Crippen LogP contribution in [0.25, 0.3) is 16.8 Å². The molecule has 0 radical (unpaired) electrons. The van der Waals surface area contributed by atoms with Gasteiger partial charge < -0.3 is 14.7 Å². The zero-order chi connectivity index (χ0) is 23.7. The standard InChI is InChI=1S/C26H27N3O3S/c1-5-16(3)32-26(31)19-7-6-8-20(13-19)29-14-21(30)22(24(29)27)25-28-23(17(4)33-25)18-11-9-15(2)10-12-18/h6-13,16,27,30H,5,14H2,1-4H3. The van der Waals surface area contributed by atoms with Crippen molar-refractivity contribution in [2.24, 2.45) is 0 Å². The first-order valence-corrected chi connectivity index (χ1v) is 11.7. The van der Waals surface area contributed by atoms with Crippen LogP contribution in [0.2, 0.25) is 0 Å². The van der Waals surface area contributed by atoms with Crippen LogP contribution in [0.15, 0.2) is 54.3 Å². The highest BCUT2D eigenvalue weighted by Crippen LogP contribution is 2.37. The fourth-order valence-corrected chi connectivity index (χ4v) is 4.65. The van der Waals surface area contributed by atoms with Crippen LogP contribution in [0.1, 0.15) is 46.1 Å². The predicted molar refractivity (Wildman–Crippen MR) is 133 cm³/mol. The molecule has 2 aromatic carbocycles. The lowest BCUT2D eigenvalue weighted by Gasteiger charge is -2.19. The monoisotopic (exact) mass is 461 g/mol. The molecule has 1 aliphatic rings. The quantitative estimate of drug-likeness (QED) is 0.430. The Hall–Kier alpha value is -3.45. The van der Waals surface area contributed by atoms with E-state index in [-0.39, 0.29) is 24.2 Å². The van der Waals surface area contributed by atoms with Crippen molar-refractivity contribution >= 4 is 34.4 Å². The van der Waals surface area contributed by atoms with Gasteiger partial charge in [-0.2, -0.15) is 0 Å². The number of ether oxygens (including phenoxy) is 1. The van der Waals surface area contributed by atoms with Crippen molar-refractivity contribution in [1.29, 1.82) is 5.41 Å². The molecule has 3 aromatic rings. The van der Waals surface area contributed by atoms with E-state index in [4.69, 9.17) is 15.1 Å². The van der Waals surface area contributed by atoms with E-state index in [2.05, 4.69) is 0 Å². The minimum atomic E-state index is -0.396. The lowest BCUT2D eigenvalue weighted by molar-refractivity contribution is 0.0334. The third-order valence-electron chi connectivity index (χ3n) is 5.72. The van der Waals surface area contributed by atoms with Gasteiger partial charge in [-0.05, 0) is 45.4 Å². The molecule has 0 aliphatic carbocycles. The minimum absolute atomic E-state index is 0.0943. The van der Waals surface area contributed by atoms with E-state index in [0.29, 0.717) is 21.8 Å². The number of esters is 1. The first-order chi connectivity index (χ1) is 15.8. The molecule has 4 rings (SSSR count). The first kappa shape index (κ1) is 22.7. The summed E-state index contributed by atoms with van der Waals surface area (Å²) < 4.78 is 5.43. The maximum atomic E-state index is 12.4. The summed E-state index contributed by atoms with van der Waals surface area (Å²) in [7, 11) is 0. The van der Waals surface area contributed by atoms with Gasteiger partial charge >= 0.3 is 5.97 Å². The van der Waals surface area contributed by atoms with E-state index in [0.717, 1.165) is 22.6 Å². The van der Waals surface area contributed by atoms with Crippen LogP contribution in [-0.2, 0) is 4.74 Å². The molecule has 2 heterocycles. The Morgan fingerprint density at radius 3 is 2.67 bits per heavy atom. The molecule has 170 valence electrons. The van der Waals surface area contributed by atoms with Crippen molar-refractivity contribution < 1.29 is 14.6 Å². The Morgan fingerprint density at radius 1 is 1.24 bits per heavy atom. The normalized spacial score (nSPS) is 14.7. The lowest BCUT2D eigenvalue weighted by Crippen LogP contribution is -2.26. The van der Waals surface area contributed by atoms with Gasteiger partial charge in [-0.25, -0.2) is 9.78 Å². The number of thiazole rings is 1.